The van der Waals surface area contributed by atoms with E-state index < -0.39 is 53.5 Å². The molecule has 0 bridgehead atoms. The number of halogens is 8. The molecule has 204 valence electrons. The van der Waals surface area contributed by atoms with Crippen molar-refractivity contribution in [2.24, 2.45) is 0 Å². The molecule has 0 saturated heterocycles. The highest BCUT2D eigenvalue weighted by Crippen LogP contribution is 2.36. The first-order chi connectivity index (χ1) is 18.3. The largest absolute Gasteiger partial charge is 0.489 e. The van der Waals surface area contributed by atoms with Crippen LogP contribution in [0, 0.1) is 11.6 Å². The predicted molar refractivity (Wildman–Crippen MR) is 121 cm³/mol. The molecule has 2 aromatic heterocycles. The first-order valence-electron chi connectivity index (χ1n) is 10.9. The number of benzene rings is 2. The fourth-order valence-electron chi connectivity index (χ4n) is 3.58. The van der Waals surface area contributed by atoms with E-state index in [-0.39, 0.29) is 22.8 Å². The Morgan fingerprint density at radius 1 is 0.949 bits per heavy atom. The van der Waals surface area contributed by atoms with E-state index in [4.69, 9.17) is 4.74 Å². The van der Waals surface area contributed by atoms with Crippen molar-refractivity contribution < 1.29 is 44.7 Å². The molecule has 0 N–H and O–H groups in total. The Hall–Kier alpha value is -4.49. The number of aromatic nitrogens is 3. The normalized spacial score (nSPS) is 11.9. The first-order valence-corrected chi connectivity index (χ1v) is 10.9. The molecule has 14 heteroatoms. The summed E-state index contributed by atoms with van der Waals surface area (Å²) in [6, 6.07) is 9.38. The second-order valence-electron chi connectivity index (χ2n) is 8.05. The van der Waals surface area contributed by atoms with Crippen molar-refractivity contribution in [1.82, 2.24) is 14.8 Å². The number of nitrogens with zero attached hydrogens (tertiary/aromatic N) is 4. The number of hydrogen-bond acceptors (Lipinski definition) is 4. The van der Waals surface area contributed by atoms with Crippen molar-refractivity contribution in [2.75, 3.05) is 4.90 Å². The molecular weight excluding hydrogens is 540 g/mol. The van der Waals surface area contributed by atoms with Gasteiger partial charge in [-0.3, -0.25) is 14.5 Å². The van der Waals surface area contributed by atoms with Crippen molar-refractivity contribution in [2.45, 2.75) is 25.5 Å². The maximum atomic E-state index is 14.3. The van der Waals surface area contributed by atoms with Crippen LogP contribution in [0.3, 0.4) is 0 Å². The molecule has 0 fully saturated rings. The van der Waals surface area contributed by atoms with Gasteiger partial charge in [-0.15, -0.1) is 0 Å². The van der Waals surface area contributed by atoms with Gasteiger partial charge in [0, 0.05) is 30.2 Å². The maximum absolute atomic E-state index is 14.3. The second kappa shape index (κ2) is 10.7. The summed E-state index contributed by atoms with van der Waals surface area (Å²) in [6.45, 7) is -0.659. The number of anilines is 2. The van der Waals surface area contributed by atoms with E-state index in [1.807, 2.05) is 0 Å². The Labute approximate surface area is 215 Å². The van der Waals surface area contributed by atoms with E-state index in [0.717, 1.165) is 35.1 Å². The lowest BCUT2D eigenvalue weighted by molar-refractivity contribution is -0.169. The highest BCUT2D eigenvalue weighted by Gasteiger charge is 2.46. The van der Waals surface area contributed by atoms with Crippen LogP contribution in [0.15, 0.2) is 73.2 Å². The molecule has 1 amide bonds. The minimum absolute atomic E-state index is 0.0529. The Morgan fingerprint density at radius 3 is 2.28 bits per heavy atom. The van der Waals surface area contributed by atoms with Crippen LogP contribution in [0.2, 0.25) is 0 Å². The van der Waals surface area contributed by atoms with Crippen molar-refractivity contribution in [3.05, 3.63) is 102 Å². The summed E-state index contributed by atoms with van der Waals surface area (Å²) < 4.78 is 116. The summed E-state index contributed by atoms with van der Waals surface area (Å²) in [5, 5.41) is 3.70. The minimum Gasteiger partial charge on any atom is -0.489 e. The number of carbonyl (C=O) groups excluding carboxylic acids is 1. The number of para-hydroxylation sites is 1. The van der Waals surface area contributed by atoms with Gasteiger partial charge in [0.15, 0.2) is 5.82 Å². The van der Waals surface area contributed by atoms with Gasteiger partial charge in [-0.05, 0) is 35.9 Å². The number of alkyl halides is 6. The Bertz CT molecular complexity index is 1450. The van der Waals surface area contributed by atoms with Crippen LogP contribution in [0.5, 0.6) is 5.75 Å². The van der Waals surface area contributed by atoms with Gasteiger partial charge < -0.3 is 4.74 Å². The Balaban J connectivity index is 1.65. The van der Waals surface area contributed by atoms with Gasteiger partial charge in [0.2, 0.25) is 0 Å². The van der Waals surface area contributed by atoms with Gasteiger partial charge in [-0.2, -0.15) is 31.4 Å². The van der Waals surface area contributed by atoms with Crippen molar-refractivity contribution >= 4 is 17.4 Å². The summed E-state index contributed by atoms with van der Waals surface area (Å²) in [7, 11) is 0. The van der Waals surface area contributed by atoms with Crippen LogP contribution in [0.1, 0.15) is 16.7 Å². The van der Waals surface area contributed by atoms with Gasteiger partial charge in [0.25, 0.3) is 0 Å². The lowest BCUT2D eigenvalue weighted by Crippen LogP contribution is -2.39. The van der Waals surface area contributed by atoms with Gasteiger partial charge in [-0.1, -0.05) is 18.2 Å². The number of carbonyl (C=O) groups is 1. The third-order valence-electron chi connectivity index (χ3n) is 5.31. The fraction of sp³-hybridized carbons (Fsp3) is 0.160. The average molecular weight is 556 g/mol. The predicted octanol–water partition coefficient (Wildman–Crippen LogP) is 6.43. The van der Waals surface area contributed by atoms with Crippen LogP contribution in [-0.4, -0.2) is 26.8 Å². The van der Waals surface area contributed by atoms with E-state index in [1.54, 1.807) is 12.1 Å². The smallest absolute Gasteiger partial charge is 0.472 e. The summed E-state index contributed by atoms with van der Waals surface area (Å²) in [5.41, 5.74) is -2.16. The fourth-order valence-corrected chi connectivity index (χ4v) is 3.58. The number of pyridine rings is 1. The quantitative estimate of drug-likeness (QED) is 0.246. The number of amides is 1. The molecule has 2 aromatic carbocycles. The van der Waals surface area contributed by atoms with E-state index in [9.17, 15) is 39.9 Å². The molecule has 0 radical (unpaired) electrons. The summed E-state index contributed by atoms with van der Waals surface area (Å²) in [4.78, 5) is 15.6. The third kappa shape index (κ3) is 6.33. The zero-order valence-electron chi connectivity index (χ0n) is 19.5. The van der Waals surface area contributed by atoms with Crippen LogP contribution in [-0.2, 0) is 24.1 Å². The highest BCUT2D eigenvalue weighted by atomic mass is 19.4. The zero-order valence-corrected chi connectivity index (χ0v) is 19.5. The number of ether oxygens (including phenoxy) is 1. The molecule has 0 aliphatic rings. The van der Waals surface area contributed by atoms with Gasteiger partial charge in [0.1, 0.15) is 29.7 Å². The lowest BCUT2D eigenvalue weighted by atomic mass is 10.1. The monoisotopic (exact) mass is 556 g/mol. The van der Waals surface area contributed by atoms with Crippen LogP contribution in [0.25, 0.3) is 0 Å². The summed E-state index contributed by atoms with van der Waals surface area (Å²) >= 11 is 0. The van der Waals surface area contributed by atoms with Gasteiger partial charge in [-0.25, -0.2) is 13.7 Å². The van der Waals surface area contributed by atoms with Gasteiger partial charge in [0.05, 0.1) is 12.1 Å². The molecule has 0 aliphatic heterocycles. The average Bonchev–Trinajstić information content (AvgIpc) is 3.32. The van der Waals surface area contributed by atoms with Crippen molar-refractivity contribution in [3.63, 3.8) is 0 Å². The van der Waals surface area contributed by atoms with E-state index in [1.165, 1.54) is 18.5 Å². The molecule has 2 heterocycles. The molecule has 4 aromatic rings. The Kier molecular flexibility index (Phi) is 7.56. The second-order valence-corrected chi connectivity index (χ2v) is 8.05. The molecular formula is C25H16F8N4O2. The lowest BCUT2D eigenvalue weighted by Gasteiger charge is -2.22. The van der Waals surface area contributed by atoms with Crippen LogP contribution in [0.4, 0.5) is 46.6 Å². The van der Waals surface area contributed by atoms with E-state index in [0.29, 0.717) is 17.7 Å². The van der Waals surface area contributed by atoms with Crippen molar-refractivity contribution in [3.8, 4) is 5.75 Å². The van der Waals surface area contributed by atoms with Gasteiger partial charge >= 0.3 is 18.3 Å². The molecule has 39 heavy (non-hydrogen) atoms. The SMILES string of the molecule is O=C(N(c1ccn(Cc2ccc(OCc3cccnc3)cc2C(F)(F)F)n1)c1c(F)cccc1F)C(F)(F)F. The number of hydrogen-bond donors (Lipinski definition) is 0. The molecule has 0 saturated carbocycles. The van der Waals surface area contributed by atoms with E-state index in [2.05, 4.69) is 10.1 Å². The maximum Gasteiger partial charge on any atom is 0.472 e. The highest BCUT2D eigenvalue weighted by molar-refractivity contribution is 6.03. The standard InChI is InChI=1S/C25H16F8N4O2/c26-19-4-1-5-20(27)22(19)37(23(38)25(31,32)33)21-8-10-36(35-21)13-16-6-7-17(11-18(16)24(28,29)30)39-14-15-3-2-9-34-12-15/h1-12H,13-14H2. The van der Waals surface area contributed by atoms with Crippen LogP contribution >= 0.6 is 0 Å². The Morgan fingerprint density at radius 2 is 1.67 bits per heavy atom. The summed E-state index contributed by atoms with van der Waals surface area (Å²) in [6.07, 6.45) is -6.42. The molecule has 0 aliphatic carbocycles. The minimum atomic E-state index is -5.55. The molecule has 6 nitrogen and oxygen atoms in total. The molecule has 4 rings (SSSR count). The number of rotatable bonds is 7. The van der Waals surface area contributed by atoms with Crippen molar-refractivity contribution in [1.29, 1.82) is 0 Å². The first kappa shape index (κ1) is 27.5. The zero-order chi connectivity index (χ0) is 28.4. The van der Waals surface area contributed by atoms with Crippen LogP contribution < -0.4 is 9.64 Å². The van der Waals surface area contributed by atoms with E-state index >= 15 is 0 Å². The third-order valence-corrected chi connectivity index (χ3v) is 5.31. The topological polar surface area (TPSA) is 60.2 Å². The molecule has 0 atom stereocenters. The molecule has 0 unspecified atom stereocenters. The summed E-state index contributed by atoms with van der Waals surface area (Å²) in [5.74, 6) is -6.58. The molecule has 0 spiro atoms.